The van der Waals surface area contributed by atoms with Crippen LogP contribution in [0.5, 0.6) is 5.75 Å². The van der Waals surface area contributed by atoms with Crippen molar-refractivity contribution < 1.29 is 9.47 Å². The lowest BCUT2D eigenvalue weighted by atomic mass is 10.1. The fraction of sp³-hybridized carbons (Fsp3) is 0.462. The first-order valence-corrected chi connectivity index (χ1v) is 5.90. The van der Waals surface area contributed by atoms with Crippen molar-refractivity contribution in [2.75, 3.05) is 13.2 Å². The Kier molecular flexibility index (Phi) is 3.98. The molecule has 92 valence electrons. The van der Waals surface area contributed by atoms with Gasteiger partial charge in [0.1, 0.15) is 12.4 Å². The zero-order valence-electron chi connectivity index (χ0n) is 9.82. The Hall–Kier alpha value is -1.55. The molecule has 17 heavy (non-hydrogen) atoms. The Morgan fingerprint density at radius 3 is 2.76 bits per heavy atom. The van der Waals surface area contributed by atoms with Crippen LogP contribution in [0.15, 0.2) is 24.3 Å². The van der Waals surface area contributed by atoms with E-state index in [1.54, 1.807) is 0 Å². The number of hydrogen-bond donors (Lipinski definition) is 2. The van der Waals surface area contributed by atoms with Crippen LogP contribution in [0.2, 0.25) is 0 Å². The zero-order valence-corrected chi connectivity index (χ0v) is 9.82. The van der Waals surface area contributed by atoms with E-state index in [1.807, 2.05) is 24.3 Å². The molecule has 1 heterocycles. The molecule has 1 aromatic carbocycles. The van der Waals surface area contributed by atoms with Gasteiger partial charge >= 0.3 is 0 Å². The molecule has 0 aliphatic carbocycles. The van der Waals surface area contributed by atoms with Crippen molar-refractivity contribution in [1.29, 1.82) is 5.41 Å². The van der Waals surface area contributed by atoms with Gasteiger partial charge in [-0.1, -0.05) is 12.1 Å². The standard InChI is InChI=1S/C13H18N2O2/c14-13(15)8-10-3-5-11(6-4-10)17-9-12-2-1-7-16-12/h3-6,12H,1-2,7-9H2,(H3,14,15). The fourth-order valence-corrected chi connectivity index (χ4v) is 1.89. The molecule has 1 fully saturated rings. The molecule has 1 unspecified atom stereocenters. The van der Waals surface area contributed by atoms with E-state index in [0.717, 1.165) is 30.8 Å². The van der Waals surface area contributed by atoms with Crippen LogP contribution in [-0.4, -0.2) is 25.2 Å². The van der Waals surface area contributed by atoms with Crippen LogP contribution < -0.4 is 10.5 Å². The van der Waals surface area contributed by atoms with Crippen molar-refractivity contribution in [2.24, 2.45) is 5.73 Å². The average Bonchev–Trinajstić information content (AvgIpc) is 2.80. The molecule has 1 aromatic rings. The number of nitrogens with two attached hydrogens (primary N) is 1. The fourth-order valence-electron chi connectivity index (χ4n) is 1.89. The highest BCUT2D eigenvalue weighted by Crippen LogP contribution is 2.16. The van der Waals surface area contributed by atoms with Gasteiger partial charge in [-0.3, -0.25) is 5.41 Å². The van der Waals surface area contributed by atoms with Gasteiger partial charge < -0.3 is 15.2 Å². The molecule has 1 saturated heterocycles. The van der Waals surface area contributed by atoms with Crippen LogP contribution in [0.1, 0.15) is 18.4 Å². The first-order valence-electron chi connectivity index (χ1n) is 5.90. The minimum Gasteiger partial charge on any atom is -0.491 e. The summed E-state index contributed by atoms with van der Waals surface area (Å²) >= 11 is 0. The third kappa shape index (κ3) is 3.75. The van der Waals surface area contributed by atoms with E-state index in [1.165, 1.54) is 0 Å². The maximum atomic E-state index is 7.21. The molecule has 1 aliphatic rings. The predicted molar refractivity (Wildman–Crippen MR) is 66.5 cm³/mol. The smallest absolute Gasteiger partial charge is 0.119 e. The monoisotopic (exact) mass is 234 g/mol. The van der Waals surface area contributed by atoms with E-state index in [-0.39, 0.29) is 11.9 Å². The van der Waals surface area contributed by atoms with Gasteiger partial charge in [0, 0.05) is 13.0 Å². The summed E-state index contributed by atoms with van der Waals surface area (Å²) in [4.78, 5) is 0. The van der Waals surface area contributed by atoms with Crippen LogP contribution >= 0.6 is 0 Å². The van der Waals surface area contributed by atoms with E-state index in [2.05, 4.69) is 0 Å². The molecule has 2 rings (SSSR count). The molecule has 4 nitrogen and oxygen atoms in total. The summed E-state index contributed by atoms with van der Waals surface area (Å²) in [5, 5.41) is 7.21. The van der Waals surface area contributed by atoms with Crippen molar-refractivity contribution in [3.63, 3.8) is 0 Å². The van der Waals surface area contributed by atoms with E-state index in [9.17, 15) is 0 Å². The molecular weight excluding hydrogens is 216 g/mol. The molecule has 0 saturated carbocycles. The van der Waals surface area contributed by atoms with Gasteiger partial charge in [0.2, 0.25) is 0 Å². The highest BCUT2D eigenvalue weighted by molar-refractivity contribution is 5.79. The summed E-state index contributed by atoms with van der Waals surface area (Å²) in [6.07, 6.45) is 2.95. The third-order valence-corrected chi connectivity index (χ3v) is 2.78. The third-order valence-electron chi connectivity index (χ3n) is 2.78. The van der Waals surface area contributed by atoms with Gasteiger partial charge in [0.15, 0.2) is 0 Å². The number of nitrogens with one attached hydrogen (secondary N) is 1. The lowest BCUT2D eigenvalue weighted by Gasteiger charge is -2.11. The molecule has 0 radical (unpaired) electrons. The summed E-state index contributed by atoms with van der Waals surface area (Å²) in [5.74, 6) is 1.02. The molecule has 1 aliphatic heterocycles. The Balaban J connectivity index is 1.82. The van der Waals surface area contributed by atoms with Gasteiger partial charge in [-0.25, -0.2) is 0 Å². The molecule has 3 N–H and O–H groups in total. The molecule has 0 bridgehead atoms. The first-order chi connectivity index (χ1) is 8.24. The predicted octanol–water partition coefficient (Wildman–Crippen LogP) is 1.72. The van der Waals surface area contributed by atoms with Crippen LogP contribution in [0.25, 0.3) is 0 Å². The van der Waals surface area contributed by atoms with Gasteiger partial charge in [0.25, 0.3) is 0 Å². The average molecular weight is 234 g/mol. The summed E-state index contributed by atoms with van der Waals surface area (Å²) in [7, 11) is 0. The number of amidine groups is 1. The van der Waals surface area contributed by atoms with Gasteiger partial charge in [-0.05, 0) is 30.5 Å². The van der Waals surface area contributed by atoms with Crippen molar-refractivity contribution in [1.82, 2.24) is 0 Å². The second kappa shape index (κ2) is 5.68. The lowest BCUT2D eigenvalue weighted by Crippen LogP contribution is -2.16. The highest BCUT2D eigenvalue weighted by Gasteiger charge is 2.15. The van der Waals surface area contributed by atoms with Crippen molar-refractivity contribution in [2.45, 2.75) is 25.4 Å². The summed E-state index contributed by atoms with van der Waals surface area (Å²) < 4.78 is 11.1. The van der Waals surface area contributed by atoms with Gasteiger partial charge in [0.05, 0.1) is 11.9 Å². The van der Waals surface area contributed by atoms with Crippen LogP contribution in [0, 0.1) is 5.41 Å². The topological polar surface area (TPSA) is 68.3 Å². The number of ether oxygens (including phenoxy) is 2. The van der Waals surface area contributed by atoms with Crippen molar-refractivity contribution >= 4 is 5.84 Å². The normalized spacial score (nSPS) is 19.2. The SMILES string of the molecule is N=C(N)Cc1ccc(OCC2CCCO2)cc1. The second-order valence-corrected chi connectivity index (χ2v) is 4.29. The number of benzene rings is 1. The van der Waals surface area contributed by atoms with E-state index in [4.69, 9.17) is 20.6 Å². The van der Waals surface area contributed by atoms with E-state index in [0.29, 0.717) is 13.0 Å². The maximum Gasteiger partial charge on any atom is 0.119 e. The first kappa shape index (κ1) is 11.9. The van der Waals surface area contributed by atoms with Crippen molar-refractivity contribution in [3.05, 3.63) is 29.8 Å². The maximum absolute atomic E-state index is 7.21. The molecular formula is C13H18N2O2. The van der Waals surface area contributed by atoms with Crippen LogP contribution in [-0.2, 0) is 11.2 Å². The summed E-state index contributed by atoms with van der Waals surface area (Å²) in [6, 6.07) is 7.69. The summed E-state index contributed by atoms with van der Waals surface area (Å²) in [5.41, 5.74) is 6.37. The quantitative estimate of drug-likeness (QED) is 0.602. The van der Waals surface area contributed by atoms with Crippen molar-refractivity contribution in [3.8, 4) is 5.75 Å². The zero-order chi connectivity index (χ0) is 12.1. The molecule has 0 aromatic heterocycles. The molecule has 0 amide bonds. The van der Waals surface area contributed by atoms with E-state index >= 15 is 0 Å². The van der Waals surface area contributed by atoms with Crippen LogP contribution in [0.4, 0.5) is 0 Å². The minimum absolute atomic E-state index is 0.179. The van der Waals surface area contributed by atoms with Crippen LogP contribution in [0.3, 0.4) is 0 Å². The lowest BCUT2D eigenvalue weighted by molar-refractivity contribution is 0.0679. The van der Waals surface area contributed by atoms with Gasteiger partial charge in [-0.15, -0.1) is 0 Å². The highest BCUT2D eigenvalue weighted by atomic mass is 16.5. The largest absolute Gasteiger partial charge is 0.491 e. The number of rotatable bonds is 5. The Bertz CT molecular complexity index is 370. The Morgan fingerprint density at radius 1 is 1.41 bits per heavy atom. The molecule has 4 heteroatoms. The van der Waals surface area contributed by atoms with Gasteiger partial charge in [-0.2, -0.15) is 0 Å². The van der Waals surface area contributed by atoms with E-state index < -0.39 is 0 Å². The number of hydrogen-bond acceptors (Lipinski definition) is 3. The minimum atomic E-state index is 0.179. The second-order valence-electron chi connectivity index (χ2n) is 4.29. The molecule has 0 spiro atoms. The Morgan fingerprint density at radius 2 is 2.18 bits per heavy atom. The summed E-state index contributed by atoms with van der Waals surface area (Å²) in [6.45, 7) is 1.47. The Labute approximate surface area is 101 Å². The molecule has 1 atom stereocenters.